The normalized spacial score (nSPS) is 10.5. The largest absolute Gasteiger partial charge is 0.496 e. The summed E-state index contributed by atoms with van der Waals surface area (Å²) in [6.07, 6.45) is 0.925. The molecular weight excluding hydrogens is 298 g/mol. The lowest BCUT2D eigenvalue weighted by atomic mass is 10.1. The fourth-order valence-corrected chi connectivity index (χ4v) is 2.55. The van der Waals surface area contributed by atoms with Gasteiger partial charge in [0.1, 0.15) is 11.5 Å². The molecule has 0 heterocycles. The first-order valence-electron chi connectivity index (χ1n) is 7.48. The van der Waals surface area contributed by atoms with Gasteiger partial charge in [-0.05, 0) is 49.2 Å². The van der Waals surface area contributed by atoms with Gasteiger partial charge in [0.25, 0.3) is 0 Å². The molecule has 0 atom stereocenters. The van der Waals surface area contributed by atoms with Crippen LogP contribution in [0.25, 0.3) is 0 Å². The molecule has 22 heavy (non-hydrogen) atoms. The number of para-hydroxylation sites is 1. The van der Waals surface area contributed by atoms with E-state index in [1.807, 2.05) is 43.3 Å². The second-order valence-electron chi connectivity index (χ2n) is 4.94. The summed E-state index contributed by atoms with van der Waals surface area (Å²) in [4.78, 5) is 0. The lowest BCUT2D eigenvalue weighted by molar-refractivity contribution is 0.340. The van der Waals surface area contributed by atoms with Crippen LogP contribution in [0.5, 0.6) is 11.5 Å². The van der Waals surface area contributed by atoms with Crippen LogP contribution in [0.1, 0.15) is 18.1 Å². The van der Waals surface area contributed by atoms with Crippen molar-refractivity contribution in [2.45, 2.75) is 19.9 Å². The highest BCUT2D eigenvalue weighted by atomic mass is 35.5. The van der Waals surface area contributed by atoms with Crippen LogP contribution in [0.4, 0.5) is 0 Å². The molecule has 0 aliphatic heterocycles. The second-order valence-corrected chi connectivity index (χ2v) is 5.34. The van der Waals surface area contributed by atoms with Gasteiger partial charge in [-0.15, -0.1) is 0 Å². The van der Waals surface area contributed by atoms with Crippen molar-refractivity contribution in [3.05, 3.63) is 58.6 Å². The number of rotatable bonds is 8. The first-order chi connectivity index (χ1) is 10.7. The van der Waals surface area contributed by atoms with E-state index in [0.717, 1.165) is 36.6 Å². The number of ether oxygens (including phenoxy) is 2. The van der Waals surface area contributed by atoms with Crippen LogP contribution in [0.3, 0.4) is 0 Å². The predicted molar refractivity (Wildman–Crippen MR) is 91.0 cm³/mol. The van der Waals surface area contributed by atoms with Gasteiger partial charge in [0.2, 0.25) is 0 Å². The van der Waals surface area contributed by atoms with Crippen molar-refractivity contribution in [3.63, 3.8) is 0 Å². The molecule has 0 aliphatic carbocycles. The van der Waals surface area contributed by atoms with E-state index in [1.165, 1.54) is 5.56 Å². The summed E-state index contributed by atoms with van der Waals surface area (Å²) in [6.45, 7) is 4.23. The maximum atomic E-state index is 6.19. The molecule has 0 unspecified atom stereocenters. The molecule has 3 nitrogen and oxygen atoms in total. The van der Waals surface area contributed by atoms with Crippen LogP contribution in [0.2, 0.25) is 5.02 Å². The Morgan fingerprint density at radius 3 is 2.64 bits per heavy atom. The molecule has 0 fully saturated rings. The number of halogens is 1. The maximum absolute atomic E-state index is 6.19. The number of methoxy groups -OCH3 is 1. The number of hydrogen-bond acceptors (Lipinski definition) is 3. The molecule has 0 amide bonds. The SMILES string of the molecule is CCOc1ccc(CNCCc2ccccc2OC)cc1Cl. The average molecular weight is 320 g/mol. The van der Waals surface area contributed by atoms with Gasteiger partial charge in [0, 0.05) is 6.54 Å². The lowest BCUT2D eigenvalue weighted by Crippen LogP contribution is -2.17. The van der Waals surface area contributed by atoms with Crippen LogP contribution in [-0.2, 0) is 13.0 Å². The van der Waals surface area contributed by atoms with Crippen LogP contribution in [0, 0.1) is 0 Å². The van der Waals surface area contributed by atoms with Crippen LogP contribution in [-0.4, -0.2) is 20.3 Å². The highest BCUT2D eigenvalue weighted by Crippen LogP contribution is 2.25. The standard InChI is InChI=1S/C18H22ClNO2/c1-3-22-18-9-8-14(12-16(18)19)13-20-11-10-15-6-4-5-7-17(15)21-2/h4-9,12,20H,3,10-11,13H2,1-2H3. The van der Waals surface area contributed by atoms with E-state index in [0.29, 0.717) is 11.6 Å². The van der Waals surface area contributed by atoms with Gasteiger partial charge in [-0.3, -0.25) is 0 Å². The molecule has 1 N–H and O–H groups in total. The maximum Gasteiger partial charge on any atom is 0.137 e. The molecule has 2 aromatic carbocycles. The highest BCUT2D eigenvalue weighted by molar-refractivity contribution is 6.32. The van der Waals surface area contributed by atoms with Crippen molar-refractivity contribution >= 4 is 11.6 Å². The van der Waals surface area contributed by atoms with Gasteiger partial charge in [-0.2, -0.15) is 0 Å². The van der Waals surface area contributed by atoms with E-state index in [-0.39, 0.29) is 0 Å². The van der Waals surface area contributed by atoms with E-state index in [2.05, 4.69) is 11.4 Å². The summed E-state index contributed by atoms with van der Waals surface area (Å²) in [5.74, 6) is 1.68. The molecule has 0 saturated heterocycles. The van der Waals surface area contributed by atoms with Gasteiger partial charge in [-0.1, -0.05) is 35.9 Å². The van der Waals surface area contributed by atoms with Gasteiger partial charge in [0.05, 0.1) is 18.7 Å². The summed E-state index contributed by atoms with van der Waals surface area (Å²) in [7, 11) is 1.70. The molecule has 0 saturated carbocycles. The smallest absolute Gasteiger partial charge is 0.137 e. The molecule has 118 valence electrons. The Morgan fingerprint density at radius 1 is 1.09 bits per heavy atom. The zero-order chi connectivity index (χ0) is 15.8. The monoisotopic (exact) mass is 319 g/mol. The van der Waals surface area contributed by atoms with Crippen molar-refractivity contribution in [1.82, 2.24) is 5.32 Å². The van der Waals surface area contributed by atoms with Gasteiger partial charge < -0.3 is 14.8 Å². The minimum absolute atomic E-state index is 0.621. The summed E-state index contributed by atoms with van der Waals surface area (Å²) < 4.78 is 10.8. The molecule has 0 radical (unpaired) electrons. The quantitative estimate of drug-likeness (QED) is 0.744. The Balaban J connectivity index is 1.82. The minimum atomic E-state index is 0.621. The van der Waals surface area contributed by atoms with Crippen LogP contribution in [0.15, 0.2) is 42.5 Å². The van der Waals surface area contributed by atoms with E-state index >= 15 is 0 Å². The Labute approximate surface area is 137 Å². The molecule has 0 spiro atoms. The first-order valence-corrected chi connectivity index (χ1v) is 7.86. The third-order valence-corrected chi connectivity index (χ3v) is 3.68. The minimum Gasteiger partial charge on any atom is -0.496 e. The molecular formula is C18H22ClNO2. The van der Waals surface area contributed by atoms with E-state index in [4.69, 9.17) is 21.1 Å². The predicted octanol–water partition coefficient (Wildman–Crippen LogP) is 4.08. The van der Waals surface area contributed by atoms with Gasteiger partial charge >= 0.3 is 0 Å². The molecule has 0 aromatic heterocycles. The van der Waals surface area contributed by atoms with E-state index in [9.17, 15) is 0 Å². The summed E-state index contributed by atoms with van der Waals surface area (Å²) in [5, 5.41) is 4.08. The first kappa shape index (κ1) is 16.7. The molecule has 2 aromatic rings. The lowest BCUT2D eigenvalue weighted by Gasteiger charge is -2.10. The number of hydrogen-bond donors (Lipinski definition) is 1. The van der Waals surface area contributed by atoms with Crippen molar-refractivity contribution in [2.24, 2.45) is 0 Å². The Morgan fingerprint density at radius 2 is 1.91 bits per heavy atom. The second kappa shape index (κ2) is 8.66. The Kier molecular flexibility index (Phi) is 6.56. The summed E-state index contributed by atoms with van der Waals surface area (Å²) >= 11 is 6.19. The topological polar surface area (TPSA) is 30.5 Å². The third-order valence-electron chi connectivity index (χ3n) is 3.39. The highest BCUT2D eigenvalue weighted by Gasteiger charge is 2.03. The van der Waals surface area contributed by atoms with Crippen molar-refractivity contribution in [2.75, 3.05) is 20.3 Å². The zero-order valence-electron chi connectivity index (χ0n) is 13.1. The Hall–Kier alpha value is -1.71. The van der Waals surface area contributed by atoms with Crippen molar-refractivity contribution in [1.29, 1.82) is 0 Å². The zero-order valence-corrected chi connectivity index (χ0v) is 13.8. The molecule has 0 bridgehead atoms. The van der Waals surface area contributed by atoms with Crippen LogP contribution >= 0.6 is 11.6 Å². The van der Waals surface area contributed by atoms with E-state index in [1.54, 1.807) is 7.11 Å². The van der Waals surface area contributed by atoms with Gasteiger partial charge in [-0.25, -0.2) is 0 Å². The fourth-order valence-electron chi connectivity index (χ4n) is 2.29. The summed E-state index contributed by atoms with van der Waals surface area (Å²) in [6, 6.07) is 14.0. The Bertz CT molecular complexity index is 601. The van der Waals surface area contributed by atoms with E-state index < -0.39 is 0 Å². The van der Waals surface area contributed by atoms with Crippen LogP contribution < -0.4 is 14.8 Å². The number of benzene rings is 2. The fraction of sp³-hybridized carbons (Fsp3) is 0.333. The summed E-state index contributed by atoms with van der Waals surface area (Å²) in [5.41, 5.74) is 2.36. The molecule has 0 aliphatic rings. The third kappa shape index (κ3) is 4.65. The molecule has 2 rings (SSSR count). The molecule has 4 heteroatoms. The van der Waals surface area contributed by atoms with Crippen molar-refractivity contribution < 1.29 is 9.47 Å². The number of nitrogens with one attached hydrogen (secondary N) is 1. The average Bonchev–Trinajstić information content (AvgIpc) is 2.54. The van der Waals surface area contributed by atoms with Gasteiger partial charge in [0.15, 0.2) is 0 Å². The van der Waals surface area contributed by atoms with Crippen molar-refractivity contribution in [3.8, 4) is 11.5 Å².